The van der Waals surface area contributed by atoms with E-state index in [9.17, 15) is 19.2 Å². The van der Waals surface area contributed by atoms with Gasteiger partial charge in [-0.2, -0.15) is 0 Å². The van der Waals surface area contributed by atoms with Crippen LogP contribution in [0, 0.1) is 11.8 Å². The van der Waals surface area contributed by atoms with Crippen LogP contribution in [-0.2, 0) is 19.1 Å². The van der Waals surface area contributed by atoms with Crippen LogP contribution in [-0.4, -0.2) is 98.9 Å². The molecule has 14 nitrogen and oxygen atoms in total. The van der Waals surface area contributed by atoms with E-state index in [1.807, 2.05) is 62.8 Å². The number of hydrogen-bond acceptors (Lipinski definition) is 9. The Labute approximate surface area is 351 Å². The van der Waals surface area contributed by atoms with E-state index >= 15 is 0 Å². The van der Waals surface area contributed by atoms with E-state index in [0.717, 1.165) is 75.9 Å². The molecular weight excluding hydrogens is 761 g/mol. The summed E-state index contributed by atoms with van der Waals surface area (Å²) in [6, 6.07) is 17.0. The Morgan fingerprint density at radius 1 is 0.733 bits per heavy atom. The second-order valence-corrected chi connectivity index (χ2v) is 16.9. The summed E-state index contributed by atoms with van der Waals surface area (Å²) in [6.45, 7) is 11.7. The number of H-pyrrole nitrogens is 1. The molecule has 3 N–H and O–H groups in total. The third-order valence-electron chi connectivity index (χ3n) is 12.2. The predicted molar refractivity (Wildman–Crippen MR) is 231 cm³/mol. The molecule has 0 spiro atoms. The third kappa shape index (κ3) is 8.50. The van der Waals surface area contributed by atoms with Crippen molar-refractivity contribution in [2.24, 2.45) is 16.8 Å². The molecule has 316 valence electrons. The summed E-state index contributed by atoms with van der Waals surface area (Å²) in [5.74, 6) is 0.207. The molecule has 4 amide bonds. The summed E-state index contributed by atoms with van der Waals surface area (Å²) in [7, 11) is 2.59. The lowest BCUT2D eigenvalue weighted by atomic mass is 9.95. The van der Waals surface area contributed by atoms with E-state index in [4.69, 9.17) is 24.4 Å². The first-order valence-electron chi connectivity index (χ1n) is 20.9. The highest BCUT2D eigenvalue weighted by molar-refractivity contribution is 6.04. The van der Waals surface area contributed by atoms with Gasteiger partial charge in [0.2, 0.25) is 11.8 Å². The monoisotopic (exact) mass is 816 g/mol. The number of fused-ring (bicyclic) bond motifs is 1. The van der Waals surface area contributed by atoms with Gasteiger partial charge in [0, 0.05) is 35.8 Å². The number of aliphatic imine (C=N–C) groups is 1. The molecule has 1 unspecified atom stereocenters. The van der Waals surface area contributed by atoms with E-state index in [-0.39, 0.29) is 47.8 Å². The zero-order chi connectivity index (χ0) is 42.8. The maximum absolute atomic E-state index is 13.8. The Bertz CT molecular complexity index is 2320. The van der Waals surface area contributed by atoms with Crippen molar-refractivity contribution in [3.63, 3.8) is 0 Å². The van der Waals surface area contributed by atoms with Crippen LogP contribution in [0.3, 0.4) is 0 Å². The number of amides is 4. The number of hydrogen-bond donors (Lipinski definition) is 3. The number of benzene rings is 2. The number of methoxy groups -OCH3 is 2. The summed E-state index contributed by atoms with van der Waals surface area (Å²) < 4.78 is 9.59. The van der Waals surface area contributed by atoms with E-state index in [2.05, 4.69) is 65.0 Å². The molecule has 2 aromatic carbocycles. The van der Waals surface area contributed by atoms with Crippen LogP contribution in [0.15, 0.2) is 72.0 Å². The van der Waals surface area contributed by atoms with Gasteiger partial charge in [-0.1, -0.05) is 64.1 Å². The van der Waals surface area contributed by atoms with Crippen molar-refractivity contribution in [3.8, 4) is 22.5 Å². The lowest BCUT2D eigenvalue weighted by Crippen LogP contribution is -2.55. The van der Waals surface area contributed by atoms with Crippen LogP contribution in [0.4, 0.5) is 9.59 Å². The summed E-state index contributed by atoms with van der Waals surface area (Å²) in [6.07, 6.45) is 6.37. The second kappa shape index (κ2) is 17.7. The maximum Gasteiger partial charge on any atom is 0.407 e. The fourth-order valence-electron chi connectivity index (χ4n) is 8.82. The molecule has 7 rings (SSSR count). The molecule has 0 bridgehead atoms. The van der Waals surface area contributed by atoms with Crippen LogP contribution >= 0.6 is 0 Å². The summed E-state index contributed by atoms with van der Waals surface area (Å²) >= 11 is 0. The van der Waals surface area contributed by atoms with Gasteiger partial charge in [-0.3, -0.25) is 14.6 Å². The normalized spacial score (nSPS) is 21.2. The Balaban J connectivity index is 1.01. The van der Waals surface area contributed by atoms with Crippen LogP contribution < -0.4 is 10.6 Å². The molecule has 60 heavy (non-hydrogen) atoms. The van der Waals surface area contributed by atoms with Gasteiger partial charge in [0.25, 0.3) is 0 Å². The first-order chi connectivity index (χ1) is 28.8. The third-order valence-corrected chi connectivity index (χ3v) is 12.2. The number of aromatic amines is 1. The fourth-order valence-corrected chi connectivity index (χ4v) is 8.82. The van der Waals surface area contributed by atoms with Gasteiger partial charge >= 0.3 is 12.2 Å². The number of likely N-dealkylation sites (tertiary alicyclic amines) is 2. The molecule has 2 aromatic heterocycles. The molecule has 6 atom stereocenters. The molecule has 4 aromatic rings. The Morgan fingerprint density at radius 3 is 1.90 bits per heavy atom. The summed E-state index contributed by atoms with van der Waals surface area (Å²) in [5, 5.41) is 6.46. The van der Waals surface area contributed by atoms with Gasteiger partial charge in [-0.15, -0.1) is 0 Å². The lowest BCUT2D eigenvalue weighted by Gasteiger charge is -2.33. The SMILES string of the molecule is COC(=O)N[C@H](C(=O)N1C(c2ncc(-c3ccc4cc(-c5ccc(C6=CN=C([C@@H]7CC[C@H](C)N7C(=O)[C@@H](NC(=O)OC)C(C)C)C6)cc5)ccc4n3)[nH]2)CC[C@@H]1C)C(C)C. The molecule has 3 aliphatic rings. The summed E-state index contributed by atoms with van der Waals surface area (Å²) in [4.78, 5) is 73.4. The van der Waals surface area contributed by atoms with E-state index in [1.54, 1.807) is 6.20 Å². The number of aromatic nitrogens is 3. The molecule has 2 saturated heterocycles. The van der Waals surface area contributed by atoms with Crippen molar-refractivity contribution in [1.82, 2.24) is 35.4 Å². The number of nitrogens with one attached hydrogen (secondary N) is 3. The number of ether oxygens (including phenoxy) is 2. The zero-order valence-corrected chi connectivity index (χ0v) is 35.7. The number of nitrogens with zero attached hydrogens (tertiary/aromatic N) is 5. The van der Waals surface area contributed by atoms with Crippen molar-refractivity contribution < 1.29 is 28.7 Å². The van der Waals surface area contributed by atoms with Crippen molar-refractivity contribution in [2.45, 2.75) is 110 Å². The molecule has 0 radical (unpaired) electrons. The Kier molecular flexibility index (Phi) is 12.4. The topological polar surface area (TPSA) is 171 Å². The Hall–Kier alpha value is -6.05. The largest absolute Gasteiger partial charge is 0.453 e. The first-order valence-corrected chi connectivity index (χ1v) is 20.9. The van der Waals surface area contributed by atoms with Crippen molar-refractivity contribution >= 4 is 46.2 Å². The van der Waals surface area contributed by atoms with Gasteiger partial charge in [-0.05, 0) is 91.8 Å². The highest BCUT2D eigenvalue weighted by Crippen LogP contribution is 2.37. The maximum atomic E-state index is 13.8. The molecule has 14 heteroatoms. The second-order valence-electron chi connectivity index (χ2n) is 16.9. The minimum absolute atomic E-state index is 0.0129. The van der Waals surface area contributed by atoms with Crippen LogP contribution in [0.25, 0.3) is 39.0 Å². The Morgan fingerprint density at radius 2 is 1.30 bits per heavy atom. The van der Waals surface area contributed by atoms with E-state index in [0.29, 0.717) is 12.2 Å². The van der Waals surface area contributed by atoms with Crippen molar-refractivity contribution in [1.29, 1.82) is 0 Å². The average Bonchev–Trinajstić information content (AvgIpc) is 4.08. The number of allylic oxidation sites excluding steroid dienone is 1. The number of carbonyl (C=O) groups is 4. The molecule has 0 saturated carbocycles. The van der Waals surface area contributed by atoms with Gasteiger partial charge in [-0.25, -0.2) is 19.6 Å². The van der Waals surface area contributed by atoms with E-state index < -0.39 is 24.3 Å². The smallest absolute Gasteiger partial charge is 0.407 e. The number of rotatable bonds is 11. The highest BCUT2D eigenvalue weighted by Gasteiger charge is 2.43. The molecule has 5 heterocycles. The minimum Gasteiger partial charge on any atom is -0.453 e. The molecule has 3 aliphatic heterocycles. The number of carbonyl (C=O) groups excluding carboxylic acids is 4. The average molecular weight is 817 g/mol. The predicted octanol–water partition coefficient (Wildman–Crippen LogP) is 7.67. The molecule has 0 aliphatic carbocycles. The van der Waals surface area contributed by atoms with Gasteiger partial charge in [0.05, 0.1) is 49.4 Å². The molecule has 2 fully saturated rings. The standard InChI is InChI=1S/C46H56N8O6/c1-25(2)40(51-45(57)59-7)43(55)53-27(5)9-19-38(53)36-22-33(23-47-36)30-13-11-29(12-14-30)31-15-17-34-32(21-31)16-18-35(49-34)37-24-48-42(50-37)39-20-10-28(6)54(39)44(56)41(26(3)4)52-46(58)60-8/h11-18,21,23-28,38-41H,9-10,19-20,22H2,1-8H3,(H,48,50)(H,51,57)(H,52,58)/t27-,28-,38-,39?,40-,41-/m0/s1. The fraction of sp³-hybridized carbons (Fsp3) is 0.457. The van der Waals surface area contributed by atoms with Gasteiger partial charge in [0.1, 0.15) is 17.9 Å². The van der Waals surface area contributed by atoms with Crippen molar-refractivity contribution in [3.05, 3.63) is 78.4 Å². The zero-order valence-electron chi connectivity index (χ0n) is 35.7. The van der Waals surface area contributed by atoms with Crippen LogP contribution in [0.5, 0.6) is 0 Å². The summed E-state index contributed by atoms with van der Waals surface area (Å²) in [5.41, 5.74) is 7.65. The van der Waals surface area contributed by atoms with Crippen LogP contribution in [0.1, 0.15) is 91.1 Å². The molecular formula is C46H56N8O6. The quantitative estimate of drug-likeness (QED) is 0.138. The number of alkyl carbamates (subject to hydrolysis) is 2. The van der Waals surface area contributed by atoms with Crippen LogP contribution in [0.2, 0.25) is 0 Å². The number of pyridine rings is 1. The lowest BCUT2D eigenvalue weighted by molar-refractivity contribution is -0.137. The van der Waals surface area contributed by atoms with Crippen molar-refractivity contribution in [2.75, 3.05) is 14.2 Å². The van der Waals surface area contributed by atoms with Gasteiger partial charge in [0.15, 0.2) is 0 Å². The van der Waals surface area contributed by atoms with E-state index in [1.165, 1.54) is 14.2 Å². The van der Waals surface area contributed by atoms with Gasteiger partial charge < -0.3 is 34.9 Å². The first kappa shape index (κ1) is 42.1. The highest BCUT2D eigenvalue weighted by atomic mass is 16.5. The number of imidazole rings is 1. The minimum atomic E-state index is -0.715.